The predicted molar refractivity (Wildman–Crippen MR) is 124 cm³/mol. The molecule has 2 aliphatic heterocycles. The van der Waals surface area contributed by atoms with Crippen molar-refractivity contribution in [3.8, 4) is 11.3 Å². The minimum Gasteiger partial charge on any atom is -0.423 e. The molecular weight excluding hydrogens is 480 g/mol. The van der Waals surface area contributed by atoms with E-state index in [1.807, 2.05) is 0 Å². The first-order valence-corrected chi connectivity index (χ1v) is 12.2. The van der Waals surface area contributed by atoms with Gasteiger partial charge in [0.2, 0.25) is 0 Å². The molecular formula is C23H23F2N5O4S. The molecule has 2 amide bonds. The van der Waals surface area contributed by atoms with Gasteiger partial charge in [-0.3, -0.25) is 5.32 Å². The number of hydrogen-bond donors (Lipinski definition) is 3. The van der Waals surface area contributed by atoms with Crippen LogP contribution in [0.3, 0.4) is 0 Å². The standard InChI is InChI=1S/C23H23F2N5O4S/c24-20(25)12-3-1-2-11(4-12)18-8-26-23(34-18)30-14-7-16-19(17(30)10-33-9-14)35-22(28-16)29-21(32)27-13-5-15(31)6-13/h1-4,8,13-15,17,20,31H,5-7,9-10H2,(H2,27,28,29,32)/t13-,14-,15-,17-/m0/s1. The van der Waals surface area contributed by atoms with Crippen LogP contribution in [-0.4, -0.2) is 52.5 Å². The zero-order valence-electron chi connectivity index (χ0n) is 18.5. The molecule has 4 heterocycles. The van der Waals surface area contributed by atoms with E-state index in [-0.39, 0.29) is 35.8 Å². The fraction of sp³-hybridized carbons (Fsp3) is 0.435. The number of carbonyl (C=O) groups is 1. The number of carbonyl (C=O) groups excluding carboxylic acids is 1. The number of alkyl halides is 2. The summed E-state index contributed by atoms with van der Waals surface area (Å²) in [5, 5.41) is 15.5. The highest BCUT2D eigenvalue weighted by molar-refractivity contribution is 7.16. The van der Waals surface area contributed by atoms with Gasteiger partial charge in [-0.05, 0) is 18.9 Å². The number of benzene rings is 1. The number of halogens is 2. The number of morpholine rings is 1. The van der Waals surface area contributed by atoms with Crippen molar-refractivity contribution >= 4 is 28.5 Å². The zero-order valence-corrected chi connectivity index (χ0v) is 19.3. The van der Waals surface area contributed by atoms with E-state index in [2.05, 4.69) is 25.5 Å². The number of ether oxygens (including phenoxy) is 1. The van der Waals surface area contributed by atoms with Gasteiger partial charge >= 0.3 is 6.03 Å². The normalized spacial score (nSPS) is 25.2. The molecule has 3 N–H and O–H groups in total. The summed E-state index contributed by atoms with van der Waals surface area (Å²) in [5.41, 5.74) is 1.38. The fourth-order valence-corrected chi connectivity index (χ4v) is 5.87. The Balaban J connectivity index is 1.22. The molecule has 0 spiro atoms. The second kappa shape index (κ2) is 8.85. The maximum absolute atomic E-state index is 13.1. The van der Waals surface area contributed by atoms with Gasteiger partial charge in [0.15, 0.2) is 10.9 Å². The second-order valence-electron chi connectivity index (χ2n) is 9.00. The van der Waals surface area contributed by atoms with Crippen molar-refractivity contribution in [3.63, 3.8) is 0 Å². The molecule has 2 fully saturated rings. The molecule has 1 saturated carbocycles. The molecule has 1 aliphatic carbocycles. The summed E-state index contributed by atoms with van der Waals surface area (Å²) in [7, 11) is 0. The van der Waals surface area contributed by atoms with Crippen LogP contribution in [-0.2, 0) is 11.2 Å². The Labute approximate surface area is 203 Å². The van der Waals surface area contributed by atoms with E-state index < -0.39 is 6.43 Å². The summed E-state index contributed by atoms with van der Waals surface area (Å²) in [6.07, 6.45) is 0.352. The molecule has 0 radical (unpaired) electrons. The van der Waals surface area contributed by atoms with Gasteiger partial charge in [0.05, 0.1) is 48.2 Å². The Hall–Kier alpha value is -3.09. The number of fused-ring (bicyclic) bond motifs is 4. The Morgan fingerprint density at radius 1 is 1.29 bits per heavy atom. The molecule has 3 aliphatic rings. The van der Waals surface area contributed by atoms with Crippen LogP contribution in [0, 0.1) is 0 Å². The molecule has 184 valence electrons. The summed E-state index contributed by atoms with van der Waals surface area (Å²) in [5.74, 6) is 0.414. The molecule has 1 aromatic carbocycles. The monoisotopic (exact) mass is 503 g/mol. The number of aliphatic hydroxyl groups is 1. The number of anilines is 2. The lowest BCUT2D eigenvalue weighted by atomic mass is 9.90. The minimum absolute atomic E-state index is 0.0247. The Morgan fingerprint density at radius 3 is 2.94 bits per heavy atom. The van der Waals surface area contributed by atoms with Crippen LogP contribution >= 0.6 is 11.3 Å². The SMILES string of the molecule is O=C(Nc1nc2c(s1)[C@@H]1COC[C@H](C2)N1c1ncc(-c2cccc(C(F)F)c2)o1)N[C@H]1C[C@H](O)C1. The smallest absolute Gasteiger partial charge is 0.321 e. The number of hydrogen-bond acceptors (Lipinski definition) is 8. The number of nitrogens with one attached hydrogen (secondary N) is 2. The number of urea groups is 1. The molecule has 6 rings (SSSR count). The first kappa shape index (κ1) is 22.4. The van der Waals surface area contributed by atoms with Crippen LogP contribution in [0.5, 0.6) is 0 Å². The number of thiazole rings is 1. The van der Waals surface area contributed by atoms with Crippen LogP contribution in [0.1, 0.15) is 41.4 Å². The van der Waals surface area contributed by atoms with Crippen LogP contribution in [0.25, 0.3) is 11.3 Å². The number of aliphatic hydroxyl groups excluding tert-OH is 1. The van der Waals surface area contributed by atoms with Crippen molar-refractivity contribution in [2.24, 2.45) is 0 Å². The number of aromatic nitrogens is 2. The zero-order chi connectivity index (χ0) is 24.1. The highest BCUT2D eigenvalue weighted by Gasteiger charge is 2.43. The Kier molecular flexibility index (Phi) is 5.66. The maximum Gasteiger partial charge on any atom is 0.321 e. The van der Waals surface area contributed by atoms with Gasteiger partial charge in [-0.2, -0.15) is 0 Å². The van der Waals surface area contributed by atoms with Crippen molar-refractivity contribution < 1.29 is 27.8 Å². The molecule has 0 unspecified atom stereocenters. The van der Waals surface area contributed by atoms with Gasteiger partial charge in [-0.15, -0.1) is 0 Å². The van der Waals surface area contributed by atoms with Crippen molar-refractivity contribution in [2.75, 3.05) is 23.4 Å². The highest BCUT2D eigenvalue weighted by atomic mass is 32.1. The Bertz CT molecular complexity index is 1240. The number of rotatable bonds is 5. The lowest BCUT2D eigenvalue weighted by Gasteiger charge is -2.43. The van der Waals surface area contributed by atoms with Gasteiger partial charge in [0.25, 0.3) is 12.4 Å². The fourth-order valence-electron chi connectivity index (χ4n) is 4.80. The van der Waals surface area contributed by atoms with Gasteiger partial charge in [0, 0.05) is 23.6 Å². The predicted octanol–water partition coefficient (Wildman–Crippen LogP) is 3.88. The molecule has 9 nitrogen and oxygen atoms in total. The number of oxazole rings is 1. The van der Waals surface area contributed by atoms with Crippen molar-refractivity contribution in [1.29, 1.82) is 0 Å². The largest absolute Gasteiger partial charge is 0.423 e. The van der Waals surface area contributed by atoms with Crippen LogP contribution in [0.15, 0.2) is 34.9 Å². The molecule has 35 heavy (non-hydrogen) atoms. The summed E-state index contributed by atoms with van der Waals surface area (Å²) in [6.45, 7) is 0.884. The third-order valence-corrected chi connectivity index (χ3v) is 7.69. The van der Waals surface area contributed by atoms with Crippen LogP contribution < -0.4 is 15.5 Å². The maximum atomic E-state index is 13.1. The van der Waals surface area contributed by atoms with Crippen LogP contribution in [0.2, 0.25) is 0 Å². The quantitative estimate of drug-likeness (QED) is 0.484. The van der Waals surface area contributed by atoms with E-state index in [1.54, 1.807) is 18.3 Å². The number of nitrogens with zero attached hydrogens (tertiary/aromatic N) is 3. The summed E-state index contributed by atoms with van der Waals surface area (Å²) >= 11 is 1.39. The lowest BCUT2D eigenvalue weighted by Crippen LogP contribution is -2.51. The molecule has 3 aromatic rings. The van der Waals surface area contributed by atoms with Gasteiger partial charge in [-0.1, -0.05) is 29.5 Å². The molecule has 2 aromatic heterocycles. The highest BCUT2D eigenvalue weighted by Crippen LogP contribution is 2.44. The van der Waals surface area contributed by atoms with Gasteiger partial charge in [-0.25, -0.2) is 23.5 Å². The Morgan fingerprint density at radius 2 is 2.14 bits per heavy atom. The topological polar surface area (TPSA) is 113 Å². The molecule has 1 saturated heterocycles. The van der Waals surface area contributed by atoms with Gasteiger partial charge < -0.3 is 24.5 Å². The lowest BCUT2D eigenvalue weighted by molar-refractivity contribution is 0.0578. The van der Waals surface area contributed by atoms with Crippen molar-refractivity contribution in [1.82, 2.24) is 15.3 Å². The van der Waals surface area contributed by atoms with E-state index in [0.29, 0.717) is 54.9 Å². The number of amides is 2. The summed E-state index contributed by atoms with van der Waals surface area (Å²) in [6, 6.07) is 5.87. The average molecular weight is 504 g/mol. The van der Waals surface area contributed by atoms with E-state index in [4.69, 9.17) is 9.15 Å². The van der Waals surface area contributed by atoms with Crippen molar-refractivity contribution in [2.45, 2.75) is 49.9 Å². The summed E-state index contributed by atoms with van der Waals surface area (Å²) < 4.78 is 38.1. The van der Waals surface area contributed by atoms with Crippen LogP contribution in [0.4, 0.5) is 24.7 Å². The summed E-state index contributed by atoms with van der Waals surface area (Å²) in [4.78, 5) is 24.4. The molecule has 2 bridgehead atoms. The van der Waals surface area contributed by atoms with E-state index in [1.165, 1.54) is 23.5 Å². The minimum atomic E-state index is -2.56. The van der Waals surface area contributed by atoms with E-state index in [9.17, 15) is 18.7 Å². The van der Waals surface area contributed by atoms with Gasteiger partial charge in [0.1, 0.15) is 0 Å². The third-order valence-electron chi connectivity index (χ3n) is 6.58. The third kappa shape index (κ3) is 4.26. The second-order valence-corrected chi connectivity index (χ2v) is 10.0. The first-order valence-electron chi connectivity index (χ1n) is 11.4. The molecule has 2 atom stereocenters. The van der Waals surface area contributed by atoms with E-state index in [0.717, 1.165) is 10.6 Å². The average Bonchev–Trinajstić information content (AvgIpc) is 3.45. The van der Waals surface area contributed by atoms with Crippen molar-refractivity contribution in [3.05, 3.63) is 46.6 Å². The van der Waals surface area contributed by atoms with E-state index >= 15 is 0 Å². The first-order chi connectivity index (χ1) is 16.9. The molecule has 12 heteroatoms.